The van der Waals surface area contributed by atoms with Gasteiger partial charge in [-0.2, -0.15) is 4.98 Å². The minimum Gasteiger partial charge on any atom is -0.353 e. The van der Waals surface area contributed by atoms with Crippen molar-refractivity contribution in [1.29, 1.82) is 0 Å². The van der Waals surface area contributed by atoms with Crippen LogP contribution in [0.1, 0.15) is 44.9 Å². The Balaban J connectivity index is 1.63. The van der Waals surface area contributed by atoms with Crippen molar-refractivity contribution in [1.82, 2.24) is 15.1 Å². The number of anilines is 1. The lowest BCUT2D eigenvalue weighted by molar-refractivity contribution is 0.419. The molecule has 1 aliphatic carbocycles. The summed E-state index contributed by atoms with van der Waals surface area (Å²) >= 11 is 0. The molecular formula is C16H20N4O. The van der Waals surface area contributed by atoms with E-state index in [-0.39, 0.29) is 5.92 Å². The topological polar surface area (TPSA) is 55.1 Å². The van der Waals surface area contributed by atoms with Crippen molar-refractivity contribution in [2.45, 2.75) is 45.1 Å². The summed E-state index contributed by atoms with van der Waals surface area (Å²) in [4.78, 5) is 11.5. The molecule has 3 heterocycles. The van der Waals surface area contributed by atoms with Crippen molar-refractivity contribution >= 4 is 5.82 Å². The van der Waals surface area contributed by atoms with E-state index in [1.807, 2.05) is 12.3 Å². The van der Waals surface area contributed by atoms with Gasteiger partial charge < -0.3 is 9.42 Å². The van der Waals surface area contributed by atoms with Gasteiger partial charge in [-0.1, -0.05) is 19.0 Å². The Morgan fingerprint density at radius 1 is 1.33 bits per heavy atom. The average molecular weight is 284 g/mol. The van der Waals surface area contributed by atoms with Gasteiger partial charge in [0.2, 0.25) is 0 Å². The molecule has 5 heteroatoms. The Morgan fingerprint density at radius 2 is 2.24 bits per heavy atom. The van der Waals surface area contributed by atoms with Crippen LogP contribution >= 0.6 is 0 Å². The quantitative estimate of drug-likeness (QED) is 0.866. The zero-order valence-corrected chi connectivity index (χ0v) is 12.5. The second kappa shape index (κ2) is 4.83. The summed E-state index contributed by atoms with van der Waals surface area (Å²) in [5.41, 5.74) is 0.960. The van der Waals surface area contributed by atoms with Crippen molar-refractivity contribution in [2.75, 3.05) is 11.4 Å². The van der Waals surface area contributed by atoms with Crippen LogP contribution in [0.15, 0.2) is 22.9 Å². The van der Waals surface area contributed by atoms with Gasteiger partial charge in [0.05, 0.1) is 0 Å². The van der Waals surface area contributed by atoms with Crippen LogP contribution in [0.5, 0.6) is 0 Å². The molecule has 2 aliphatic rings. The second-order valence-electron chi connectivity index (χ2n) is 6.50. The third-order valence-corrected chi connectivity index (χ3v) is 4.65. The second-order valence-corrected chi connectivity index (χ2v) is 6.50. The predicted molar refractivity (Wildman–Crippen MR) is 80.1 cm³/mol. The Morgan fingerprint density at radius 3 is 2.90 bits per heavy atom. The normalized spacial score (nSPS) is 24.2. The highest BCUT2D eigenvalue weighted by Crippen LogP contribution is 2.40. The number of hydrogen-bond donors (Lipinski definition) is 0. The van der Waals surface area contributed by atoms with E-state index in [0.717, 1.165) is 29.7 Å². The third kappa shape index (κ3) is 2.20. The summed E-state index contributed by atoms with van der Waals surface area (Å²) in [7, 11) is 0. The standard InChI is InChI=1S/C16H20N4O/c1-10(2)15-18-16(21-19-15)12-5-6-17-14(8-12)20-9-11-3-4-13(20)7-11/h5-6,8,10-11,13H,3-4,7,9H2,1-2H3. The molecule has 21 heavy (non-hydrogen) atoms. The molecule has 0 radical (unpaired) electrons. The van der Waals surface area contributed by atoms with E-state index >= 15 is 0 Å². The zero-order chi connectivity index (χ0) is 14.4. The fraction of sp³-hybridized carbons (Fsp3) is 0.562. The highest BCUT2D eigenvalue weighted by molar-refractivity contribution is 5.59. The highest BCUT2D eigenvalue weighted by atomic mass is 16.5. The Kier molecular flexibility index (Phi) is 2.94. The molecule has 0 N–H and O–H groups in total. The molecule has 2 bridgehead atoms. The van der Waals surface area contributed by atoms with Crippen molar-refractivity contribution in [3.8, 4) is 11.5 Å². The first-order valence-electron chi connectivity index (χ1n) is 7.77. The molecule has 2 fully saturated rings. The number of fused-ring (bicyclic) bond motifs is 2. The van der Waals surface area contributed by atoms with Crippen molar-refractivity contribution < 1.29 is 4.52 Å². The van der Waals surface area contributed by atoms with E-state index < -0.39 is 0 Å². The first-order chi connectivity index (χ1) is 10.2. The molecule has 0 aromatic carbocycles. The predicted octanol–water partition coefficient (Wildman–Crippen LogP) is 3.24. The van der Waals surface area contributed by atoms with Crippen LogP contribution in [0.25, 0.3) is 11.5 Å². The fourth-order valence-electron chi connectivity index (χ4n) is 3.50. The smallest absolute Gasteiger partial charge is 0.258 e. The van der Waals surface area contributed by atoms with Gasteiger partial charge in [0.25, 0.3) is 5.89 Å². The van der Waals surface area contributed by atoms with Crippen LogP contribution in [0.3, 0.4) is 0 Å². The average Bonchev–Trinajstić information content (AvgIpc) is 3.23. The number of hydrogen-bond acceptors (Lipinski definition) is 5. The maximum atomic E-state index is 5.38. The van der Waals surface area contributed by atoms with Gasteiger partial charge in [0.15, 0.2) is 5.82 Å². The molecule has 0 amide bonds. The molecule has 2 atom stereocenters. The number of rotatable bonds is 3. The summed E-state index contributed by atoms with van der Waals surface area (Å²) in [5.74, 6) is 3.52. The molecule has 2 unspecified atom stereocenters. The minimum atomic E-state index is 0.276. The molecule has 1 aliphatic heterocycles. The summed E-state index contributed by atoms with van der Waals surface area (Å²) in [5, 5.41) is 4.04. The van der Waals surface area contributed by atoms with E-state index in [0.29, 0.717) is 11.9 Å². The first-order valence-corrected chi connectivity index (χ1v) is 7.77. The van der Waals surface area contributed by atoms with Crippen molar-refractivity contribution in [3.63, 3.8) is 0 Å². The van der Waals surface area contributed by atoms with Crippen LogP contribution in [0.2, 0.25) is 0 Å². The van der Waals surface area contributed by atoms with Gasteiger partial charge in [-0.25, -0.2) is 4.98 Å². The van der Waals surface area contributed by atoms with Gasteiger partial charge in [0.1, 0.15) is 5.82 Å². The lowest BCUT2D eigenvalue weighted by atomic mass is 10.1. The molecule has 0 spiro atoms. The summed E-state index contributed by atoms with van der Waals surface area (Å²) in [6.45, 7) is 5.27. The first kappa shape index (κ1) is 12.8. The monoisotopic (exact) mass is 284 g/mol. The fourth-order valence-corrected chi connectivity index (χ4v) is 3.50. The SMILES string of the molecule is CC(C)c1noc(-c2ccnc(N3CC4CCC3C4)c2)n1. The minimum absolute atomic E-state index is 0.276. The number of aromatic nitrogens is 3. The van der Waals surface area contributed by atoms with E-state index in [9.17, 15) is 0 Å². The maximum absolute atomic E-state index is 5.38. The van der Waals surface area contributed by atoms with Crippen LogP contribution in [0, 0.1) is 5.92 Å². The largest absolute Gasteiger partial charge is 0.353 e. The number of pyridine rings is 1. The summed E-state index contributed by atoms with van der Waals surface area (Å²) in [6, 6.07) is 4.69. The summed E-state index contributed by atoms with van der Waals surface area (Å²) < 4.78 is 5.38. The molecule has 1 saturated heterocycles. The zero-order valence-electron chi connectivity index (χ0n) is 12.5. The Hall–Kier alpha value is -1.91. The highest BCUT2D eigenvalue weighted by Gasteiger charge is 2.38. The maximum Gasteiger partial charge on any atom is 0.258 e. The van der Waals surface area contributed by atoms with E-state index in [2.05, 4.69) is 39.9 Å². The van der Waals surface area contributed by atoms with Crippen LogP contribution < -0.4 is 4.90 Å². The van der Waals surface area contributed by atoms with Gasteiger partial charge in [-0.3, -0.25) is 0 Å². The lowest BCUT2D eigenvalue weighted by Gasteiger charge is -2.28. The Labute approximate surface area is 124 Å². The van der Waals surface area contributed by atoms with E-state index in [4.69, 9.17) is 4.52 Å². The molecule has 4 rings (SSSR count). The van der Waals surface area contributed by atoms with Gasteiger partial charge in [-0.05, 0) is 37.3 Å². The van der Waals surface area contributed by atoms with E-state index in [1.165, 1.54) is 19.3 Å². The van der Waals surface area contributed by atoms with E-state index in [1.54, 1.807) is 0 Å². The molecule has 2 aromatic heterocycles. The molecule has 5 nitrogen and oxygen atoms in total. The molecule has 1 saturated carbocycles. The number of nitrogens with zero attached hydrogens (tertiary/aromatic N) is 4. The third-order valence-electron chi connectivity index (χ3n) is 4.65. The van der Waals surface area contributed by atoms with Crippen molar-refractivity contribution in [3.05, 3.63) is 24.2 Å². The molecule has 110 valence electrons. The van der Waals surface area contributed by atoms with Crippen LogP contribution in [0.4, 0.5) is 5.82 Å². The number of piperidine rings is 1. The molecule has 2 aromatic rings. The van der Waals surface area contributed by atoms with Crippen LogP contribution in [-0.2, 0) is 0 Å². The van der Waals surface area contributed by atoms with Gasteiger partial charge in [0, 0.05) is 30.3 Å². The van der Waals surface area contributed by atoms with Crippen LogP contribution in [-0.4, -0.2) is 27.7 Å². The van der Waals surface area contributed by atoms with Gasteiger partial charge >= 0.3 is 0 Å². The molecular weight excluding hydrogens is 264 g/mol. The lowest BCUT2D eigenvalue weighted by Crippen LogP contribution is -2.32. The Bertz CT molecular complexity index is 651. The summed E-state index contributed by atoms with van der Waals surface area (Å²) in [6.07, 6.45) is 5.84. The van der Waals surface area contributed by atoms with Crippen molar-refractivity contribution in [2.24, 2.45) is 5.92 Å². The van der Waals surface area contributed by atoms with Gasteiger partial charge in [-0.15, -0.1) is 0 Å².